The Hall–Kier alpha value is -1.72. The van der Waals surface area contributed by atoms with Crippen molar-refractivity contribution in [3.05, 3.63) is 35.9 Å². The van der Waals surface area contributed by atoms with E-state index in [1.807, 2.05) is 30.3 Å². The van der Waals surface area contributed by atoms with E-state index in [0.29, 0.717) is 19.4 Å². The molecule has 1 aromatic carbocycles. The number of rotatable bonds is 11. The van der Waals surface area contributed by atoms with Gasteiger partial charge in [-0.05, 0) is 25.3 Å². The largest absolute Gasteiger partial charge is 0.480 e. The first-order chi connectivity index (χ1) is 10.5. The molecule has 0 spiro atoms. The Labute approximate surface area is 131 Å². The van der Waals surface area contributed by atoms with Gasteiger partial charge in [0, 0.05) is 6.42 Å². The predicted octanol–water partition coefficient (Wildman–Crippen LogP) is 2.52. The lowest BCUT2D eigenvalue weighted by molar-refractivity contribution is -0.138. The molecule has 0 aliphatic carbocycles. The monoisotopic (exact) mass is 307 g/mol. The summed E-state index contributed by atoms with van der Waals surface area (Å²) in [5, 5.41) is 8.66. The van der Waals surface area contributed by atoms with Crippen molar-refractivity contribution in [1.29, 1.82) is 0 Å². The van der Waals surface area contributed by atoms with Crippen LogP contribution < -0.4 is 5.73 Å². The highest BCUT2D eigenvalue weighted by molar-refractivity contribution is 5.82. The number of ketones is 1. The van der Waals surface area contributed by atoms with Crippen LogP contribution in [0.25, 0.3) is 0 Å². The van der Waals surface area contributed by atoms with Gasteiger partial charge in [0.25, 0.3) is 0 Å². The van der Waals surface area contributed by atoms with Crippen LogP contribution in [0.1, 0.15) is 44.6 Å². The van der Waals surface area contributed by atoms with Crippen molar-refractivity contribution in [3.63, 3.8) is 0 Å². The number of carboxylic acids is 1. The van der Waals surface area contributed by atoms with Crippen molar-refractivity contribution in [1.82, 2.24) is 0 Å². The van der Waals surface area contributed by atoms with Crippen LogP contribution in [0.4, 0.5) is 0 Å². The molecule has 3 N–H and O–H groups in total. The highest BCUT2D eigenvalue weighted by Gasteiger charge is 2.14. The van der Waals surface area contributed by atoms with Crippen molar-refractivity contribution < 1.29 is 19.4 Å². The Morgan fingerprint density at radius 2 is 1.86 bits per heavy atom. The zero-order chi connectivity index (χ0) is 16.4. The van der Waals surface area contributed by atoms with E-state index in [1.165, 1.54) is 0 Å². The summed E-state index contributed by atoms with van der Waals surface area (Å²) in [6, 6.07) is 8.93. The zero-order valence-corrected chi connectivity index (χ0v) is 13.0. The van der Waals surface area contributed by atoms with Crippen molar-refractivity contribution >= 4 is 11.8 Å². The third-order valence-corrected chi connectivity index (χ3v) is 3.55. The van der Waals surface area contributed by atoms with Gasteiger partial charge >= 0.3 is 5.97 Å². The van der Waals surface area contributed by atoms with E-state index < -0.39 is 18.1 Å². The number of ether oxygens (including phenoxy) is 1. The fourth-order valence-corrected chi connectivity index (χ4v) is 2.06. The molecule has 0 aliphatic heterocycles. The smallest absolute Gasteiger partial charge is 0.320 e. The minimum atomic E-state index is -0.973. The molecule has 0 aliphatic rings. The van der Waals surface area contributed by atoms with Gasteiger partial charge in [-0.3, -0.25) is 9.59 Å². The van der Waals surface area contributed by atoms with E-state index in [1.54, 1.807) is 6.92 Å². The first-order valence-corrected chi connectivity index (χ1v) is 7.67. The maximum Gasteiger partial charge on any atom is 0.320 e. The highest BCUT2D eigenvalue weighted by Crippen LogP contribution is 2.09. The van der Waals surface area contributed by atoms with E-state index >= 15 is 0 Å². The Balaban J connectivity index is 2.12. The molecule has 1 rings (SSSR count). The first-order valence-electron chi connectivity index (χ1n) is 7.67. The lowest BCUT2D eigenvalue weighted by atomic mass is 10.0. The quantitative estimate of drug-likeness (QED) is 0.613. The molecule has 0 radical (unpaired) electrons. The van der Waals surface area contributed by atoms with E-state index in [-0.39, 0.29) is 5.78 Å². The SMILES string of the molecule is CC(OCc1ccccc1)C(=O)CCCCCC(N)C(=O)O. The second-order valence-electron chi connectivity index (χ2n) is 5.45. The predicted molar refractivity (Wildman–Crippen MR) is 84.4 cm³/mol. The molecule has 0 bridgehead atoms. The molecule has 0 saturated heterocycles. The summed E-state index contributed by atoms with van der Waals surface area (Å²) in [6.45, 7) is 2.20. The summed E-state index contributed by atoms with van der Waals surface area (Å²) >= 11 is 0. The molecule has 0 fully saturated rings. The van der Waals surface area contributed by atoms with Crippen molar-refractivity contribution in [3.8, 4) is 0 Å². The Bertz CT molecular complexity index is 461. The average Bonchev–Trinajstić information content (AvgIpc) is 2.52. The topological polar surface area (TPSA) is 89.6 Å². The zero-order valence-electron chi connectivity index (χ0n) is 13.0. The van der Waals surface area contributed by atoms with Gasteiger partial charge in [-0.15, -0.1) is 0 Å². The highest BCUT2D eigenvalue weighted by atomic mass is 16.5. The Morgan fingerprint density at radius 3 is 2.50 bits per heavy atom. The summed E-state index contributed by atoms with van der Waals surface area (Å²) in [6.07, 6.45) is 2.76. The number of carboxylic acid groups (broad SMARTS) is 1. The van der Waals surface area contributed by atoms with E-state index in [0.717, 1.165) is 24.8 Å². The minimum Gasteiger partial charge on any atom is -0.480 e. The van der Waals surface area contributed by atoms with Crippen LogP contribution in [-0.2, 0) is 20.9 Å². The normalized spacial score (nSPS) is 13.5. The van der Waals surface area contributed by atoms with E-state index in [4.69, 9.17) is 15.6 Å². The van der Waals surface area contributed by atoms with Crippen LogP contribution in [-0.4, -0.2) is 29.0 Å². The summed E-state index contributed by atoms with van der Waals surface area (Å²) in [7, 11) is 0. The summed E-state index contributed by atoms with van der Waals surface area (Å²) in [4.78, 5) is 22.5. The van der Waals surface area contributed by atoms with E-state index in [2.05, 4.69) is 0 Å². The molecule has 0 heterocycles. The number of unbranched alkanes of at least 4 members (excludes halogenated alkanes) is 2. The molecule has 22 heavy (non-hydrogen) atoms. The Morgan fingerprint density at radius 1 is 1.18 bits per heavy atom. The van der Waals surface area contributed by atoms with Crippen molar-refractivity contribution in [2.75, 3.05) is 0 Å². The lowest BCUT2D eigenvalue weighted by Gasteiger charge is -2.12. The van der Waals surface area contributed by atoms with Gasteiger partial charge in [0.15, 0.2) is 5.78 Å². The molecule has 0 amide bonds. The minimum absolute atomic E-state index is 0.0819. The summed E-state index contributed by atoms with van der Waals surface area (Å²) in [5.41, 5.74) is 6.46. The van der Waals surface area contributed by atoms with Crippen molar-refractivity contribution in [2.24, 2.45) is 5.73 Å². The van der Waals surface area contributed by atoms with Crippen LogP contribution >= 0.6 is 0 Å². The molecule has 2 unspecified atom stereocenters. The number of hydrogen-bond acceptors (Lipinski definition) is 4. The molecule has 1 aromatic rings. The molecule has 5 nitrogen and oxygen atoms in total. The number of benzene rings is 1. The van der Waals surface area contributed by atoms with Gasteiger partial charge in [-0.2, -0.15) is 0 Å². The number of nitrogens with two attached hydrogens (primary N) is 1. The summed E-state index contributed by atoms with van der Waals surface area (Å²) in [5.74, 6) is -0.891. The Kier molecular flexibility index (Phi) is 8.40. The number of Topliss-reactive ketones (excluding diaryl/α,β-unsaturated/α-hetero) is 1. The summed E-state index contributed by atoms with van der Waals surface area (Å²) < 4.78 is 5.57. The van der Waals surface area contributed by atoms with Gasteiger partial charge in [-0.25, -0.2) is 0 Å². The third-order valence-electron chi connectivity index (χ3n) is 3.55. The number of carbonyl (C=O) groups excluding carboxylic acids is 1. The molecule has 0 saturated carbocycles. The molecular weight excluding hydrogens is 282 g/mol. The second-order valence-corrected chi connectivity index (χ2v) is 5.45. The van der Waals surface area contributed by atoms with Gasteiger partial charge in [0.2, 0.25) is 0 Å². The fourth-order valence-electron chi connectivity index (χ4n) is 2.06. The number of aliphatic carboxylic acids is 1. The number of hydrogen-bond donors (Lipinski definition) is 2. The maximum atomic E-state index is 11.9. The van der Waals surface area contributed by atoms with Gasteiger partial charge < -0.3 is 15.6 Å². The van der Waals surface area contributed by atoms with Crippen molar-refractivity contribution in [2.45, 2.75) is 57.8 Å². The molecule has 122 valence electrons. The van der Waals surface area contributed by atoms with Gasteiger partial charge in [0.05, 0.1) is 6.61 Å². The van der Waals surface area contributed by atoms with Crippen LogP contribution in [0, 0.1) is 0 Å². The lowest BCUT2D eigenvalue weighted by Crippen LogP contribution is -2.29. The molecule has 5 heteroatoms. The van der Waals surface area contributed by atoms with Crippen LogP contribution in [0.15, 0.2) is 30.3 Å². The van der Waals surface area contributed by atoms with E-state index in [9.17, 15) is 9.59 Å². The van der Waals surface area contributed by atoms with Crippen LogP contribution in [0.5, 0.6) is 0 Å². The van der Waals surface area contributed by atoms with Crippen LogP contribution in [0.3, 0.4) is 0 Å². The van der Waals surface area contributed by atoms with Gasteiger partial charge in [0.1, 0.15) is 12.1 Å². The average molecular weight is 307 g/mol. The second kappa shape index (κ2) is 10.1. The standard InChI is InChI=1S/C17H25NO4/c1-13(22-12-14-8-4-2-5-9-14)16(19)11-7-3-6-10-15(18)17(20)21/h2,4-5,8-9,13,15H,3,6-7,10-12,18H2,1H3,(H,20,21). The first kappa shape index (κ1) is 18.3. The molecule has 0 aromatic heterocycles. The molecular formula is C17H25NO4. The van der Waals surface area contributed by atoms with Crippen LogP contribution in [0.2, 0.25) is 0 Å². The third kappa shape index (κ3) is 7.33. The number of carbonyl (C=O) groups is 2. The molecule has 2 atom stereocenters. The fraction of sp³-hybridized carbons (Fsp3) is 0.529. The maximum absolute atomic E-state index is 11.9. The van der Waals surface area contributed by atoms with Gasteiger partial charge in [-0.1, -0.05) is 43.2 Å².